The number of aromatic nitrogens is 3. The lowest BCUT2D eigenvalue weighted by molar-refractivity contribution is -0.128. The Hall–Kier alpha value is -4.40. The van der Waals surface area contributed by atoms with Crippen molar-refractivity contribution in [1.29, 1.82) is 0 Å². The number of amides is 2. The Morgan fingerprint density at radius 1 is 0.974 bits per heavy atom. The number of benzene rings is 3. The molecular weight excluding hydrogens is 494 g/mol. The number of carbonyl (C=O) groups is 2. The normalized spacial score (nSPS) is 12.2. The van der Waals surface area contributed by atoms with E-state index in [9.17, 15) is 9.59 Å². The standard InChI is InChI=1S/C30H35N5O4/c1-19-12-13-20(2)26(14-19)35(27(36)18-34-25-11-9-8-10-24(25)32-33-34)28(29(37)31-30(3,4)5)21-15-22(38-6)17-23(16-21)39-7/h8-17,28H,18H2,1-7H3,(H,31,37)/t28-/m1/s1. The molecule has 4 aromatic rings. The Bertz CT molecular complexity index is 1480. The van der Waals surface area contributed by atoms with Gasteiger partial charge in [-0.05, 0) is 81.6 Å². The van der Waals surface area contributed by atoms with Crippen molar-refractivity contribution >= 4 is 28.5 Å². The van der Waals surface area contributed by atoms with Crippen molar-refractivity contribution in [2.24, 2.45) is 0 Å². The minimum atomic E-state index is -1.03. The molecule has 39 heavy (non-hydrogen) atoms. The number of methoxy groups -OCH3 is 2. The van der Waals surface area contributed by atoms with Crippen molar-refractivity contribution in [3.05, 3.63) is 77.4 Å². The molecule has 2 amide bonds. The van der Waals surface area contributed by atoms with E-state index in [1.807, 2.05) is 77.1 Å². The van der Waals surface area contributed by atoms with Gasteiger partial charge >= 0.3 is 0 Å². The molecule has 3 aromatic carbocycles. The van der Waals surface area contributed by atoms with Crippen LogP contribution in [-0.4, -0.2) is 46.6 Å². The number of rotatable bonds is 8. The van der Waals surface area contributed by atoms with Gasteiger partial charge in [0, 0.05) is 17.3 Å². The van der Waals surface area contributed by atoms with Crippen LogP contribution in [0.3, 0.4) is 0 Å². The molecule has 204 valence electrons. The van der Waals surface area contributed by atoms with Gasteiger partial charge in [-0.25, -0.2) is 4.68 Å². The van der Waals surface area contributed by atoms with Gasteiger partial charge in [0.15, 0.2) is 0 Å². The van der Waals surface area contributed by atoms with Gasteiger partial charge in [0.05, 0.1) is 19.7 Å². The molecule has 0 bridgehead atoms. The molecule has 0 saturated carbocycles. The summed E-state index contributed by atoms with van der Waals surface area (Å²) in [7, 11) is 3.10. The lowest BCUT2D eigenvalue weighted by Crippen LogP contribution is -2.50. The van der Waals surface area contributed by atoms with Crippen LogP contribution in [-0.2, 0) is 16.1 Å². The summed E-state index contributed by atoms with van der Waals surface area (Å²) in [6.45, 7) is 9.47. The largest absolute Gasteiger partial charge is 0.497 e. The van der Waals surface area contributed by atoms with E-state index in [-0.39, 0.29) is 18.4 Å². The molecule has 0 unspecified atom stereocenters. The zero-order valence-corrected chi connectivity index (χ0v) is 23.5. The number of para-hydroxylation sites is 1. The molecule has 1 aromatic heterocycles. The highest BCUT2D eigenvalue weighted by atomic mass is 16.5. The van der Waals surface area contributed by atoms with E-state index in [1.165, 1.54) is 0 Å². The first-order valence-corrected chi connectivity index (χ1v) is 12.7. The van der Waals surface area contributed by atoms with Crippen molar-refractivity contribution in [3.8, 4) is 11.5 Å². The quantitative estimate of drug-likeness (QED) is 0.354. The zero-order valence-electron chi connectivity index (χ0n) is 23.5. The zero-order chi connectivity index (χ0) is 28.3. The van der Waals surface area contributed by atoms with E-state index < -0.39 is 11.6 Å². The molecular formula is C30H35N5O4. The summed E-state index contributed by atoms with van der Waals surface area (Å²) in [5.74, 6) is 0.354. The maximum atomic E-state index is 14.3. The van der Waals surface area contributed by atoms with Gasteiger partial charge in [-0.15, -0.1) is 5.10 Å². The van der Waals surface area contributed by atoms with Crippen molar-refractivity contribution in [1.82, 2.24) is 20.3 Å². The number of hydrogen-bond acceptors (Lipinski definition) is 6. The van der Waals surface area contributed by atoms with Crippen molar-refractivity contribution in [2.45, 2.75) is 52.7 Å². The summed E-state index contributed by atoms with van der Waals surface area (Å²) in [4.78, 5) is 29.9. The summed E-state index contributed by atoms with van der Waals surface area (Å²) in [5, 5.41) is 11.5. The number of fused-ring (bicyclic) bond motifs is 1. The van der Waals surface area contributed by atoms with Crippen LogP contribution >= 0.6 is 0 Å². The van der Waals surface area contributed by atoms with Crippen molar-refractivity contribution in [3.63, 3.8) is 0 Å². The first-order valence-electron chi connectivity index (χ1n) is 12.7. The second kappa shape index (κ2) is 11.1. The van der Waals surface area contributed by atoms with Gasteiger partial charge in [0.2, 0.25) is 11.8 Å². The highest BCUT2D eigenvalue weighted by Gasteiger charge is 2.36. The summed E-state index contributed by atoms with van der Waals surface area (Å²) < 4.78 is 12.6. The Morgan fingerprint density at radius 2 is 1.64 bits per heavy atom. The molecule has 9 nitrogen and oxygen atoms in total. The van der Waals surface area contributed by atoms with Crippen LogP contribution in [0.5, 0.6) is 11.5 Å². The number of aryl methyl sites for hydroxylation is 2. The SMILES string of the molecule is COc1cc(OC)cc([C@H](C(=O)NC(C)(C)C)N(C(=O)Cn2nnc3ccccc32)c2cc(C)ccc2C)c1. The van der Waals surface area contributed by atoms with Crippen LogP contribution in [0.2, 0.25) is 0 Å². The van der Waals surface area contributed by atoms with Gasteiger partial charge in [-0.1, -0.05) is 29.5 Å². The van der Waals surface area contributed by atoms with Gasteiger partial charge in [0.1, 0.15) is 29.6 Å². The molecule has 0 aliphatic carbocycles. The number of nitrogens with zero attached hydrogens (tertiary/aromatic N) is 4. The van der Waals surface area contributed by atoms with E-state index in [1.54, 1.807) is 42.0 Å². The molecule has 0 aliphatic heterocycles. The van der Waals surface area contributed by atoms with Crippen LogP contribution in [0.4, 0.5) is 5.69 Å². The van der Waals surface area contributed by atoms with E-state index in [2.05, 4.69) is 15.6 Å². The molecule has 1 atom stereocenters. The molecule has 1 N–H and O–H groups in total. The van der Waals surface area contributed by atoms with Crippen molar-refractivity contribution < 1.29 is 19.1 Å². The molecule has 0 saturated heterocycles. The fraction of sp³-hybridized carbons (Fsp3) is 0.333. The Labute approximate surface area is 228 Å². The molecule has 1 heterocycles. The van der Waals surface area contributed by atoms with Crippen LogP contribution in [0.1, 0.15) is 43.5 Å². The van der Waals surface area contributed by atoms with Crippen LogP contribution < -0.4 is 19.7 Å². The minimum absolute atomic E-state index is 0.117. The van der Waals surface area contributed by atoms with E-state index >= 15 is 0 Å². The molecule has 0 fully saturated rings. The summed E-state index contributed by atoms with van der Waals surface area (Å²) >= 11 is 0. The summed E-state index contributed by atoms with van der Waals surface area (Å²) in [6.07, 6.45) is 0. The molecule has 0 radical (unpaired) electrons. The van der Waals surface area contributed by atoms with Gasteiger partial charge in [0.25, 0.3) is 0 Å². The van der Waals surface area contributed by atoms with Crippen LogP contribution in [0, 0.1) is 13.8 Å². The van der Waals surface area contributed by atoms with Gasteiger partial charge < -0.3 is 14.8 Å². The molecule has 9 heteroatoms. The lowest BCUT2D eigenvalue weighted by Gasteiger charge is -2.35. The molecule has 4 rings (SSSR count). The minimum Gasteiger partial charge on any atom is -0.497 e. The highest BCUT2D eigenvalue weighted by molar-refractivity contribution is 6.02. The van der Waals surface area contributed by atoms with Gasteiger partial charge in [-0.2, -0.15) is 0 Å². The average molecular weight is 530 g/mol. The second-order valence-corrected chi connectivity index (χ2v) is 10.6. The number of nitrogens with one attached hydrogen (secondary N) is 1. The third kappa shape index (κ3) is 6.19. The number of hydrogen-bond donors (Lipinski definition) is 1. The third-order valence-electron chi connectivity index (χ3n) is 6.29. The Kier molecular flexibility index (Phi) is 7.90. The van der Waals surface area contributed by atoms with E-state index in [0.717, 1.165) is 16.6 Å². The first kappa shape index (κ1) is 27.6. The van der Waals surface area contributed by atoms with Crippen LogP contribution in [0.15, 0.2) is 60.7 Å². The van der Waals surface area contributed by atoms with E-state index in [0.29, 0.717) is 28.3 Å². The van der Waals surface area contributed by atoms with Gasteiger partial charge in [-0.3, -0.25) is 14.5 Å². The molecule has 0 aliphatic rings. The molecule has 0 spiro atoms. The van der Waals surface area contributed by atoms with Crippen LogP contribution in [0.25, 0.3) is 11.0 Å². The smallest absolute Gasteiger partial charge is 0.249 e. The Balaban J connectivity index is 1.92. The number of ether oxygens (including phenoxy) is 2. The van der Waals surface area contributed by atoms with E-state index in [4.69, 9.17) is 9.47 Å². The number of anilines is 1. The third-order valence-corrected chi connectivity index (χ3v) is 6.29. The predicted molar refractivity (Wildman–Crippen MR) is 151 cm³/mol. The number of carbonyl (C=O) groups excluding carboxylic acids is 2. The second-order valence-electron chi connectivity index (χ2n) is 10.6. The topological polar surface area (TPSA) is 98.6 Å². The highest BCUT2D eigenvalue weighted by Crippen LogP contribution is 2.35. The Morgan fingerprint density at radius 3 is 2.28 bits per heavy atom. The average Bonchev–Trinajstić information content (AvgIpc) is 3.29. The first-order chi connectivity index (χ1) is 18.5. The van der Waals surface area contributed by atoms with Crippen molar-refractivity contribution in [2.75, 3.05) is 19.1 Å². The predicted octanol–water partition coefficient (Wildman–Crippen LogP) is 4.75. The maximum absolute atomic E-state index is 14.3. The lowest BCUT2D eigenvalue weighted by atomic mass is 9.98. The maximum Gasteiger partial charge on any atom is 0.249 e. The monoisotopic (exact) mass is 529 g/mol. The summed E-state index contributed by atoms with van der Waals surface area (Å²) in [6, 6.07) is 17.5. The fourth-order valence-corrected chi connectivity index (χ4v) is 4.48. The fourth-order valence-electron chi connectivity index (χ4n) is 4.48. The summed E-state index contributed by atoms with van der Waals surface area (Å²) in [5.41, 5.74) is 3.84.